The normalized spacial score (nSPS) is 24.0. The van der Waals surface area contributed by atoms with Crippen LogP contribution in [0.15, 0.2) is 24.5 Å². The SMILES string of the molecule is CN1CCN(CC(c2cccnc2)N2CCNCC2)CC1. The number of nitrogens with zero attached hydrogens (tertiary/aromatic N) is 4. The van der Waals surface area contributed by atoms with E-state index < -0.39 is 0 Å². The third-order valence-corrected chi connectivity index (χ3v) is 4.69. The number of aromatic nitrogens is 1. The van der Waals surface area contributed by atoms with E-state index in [9.17, 15) is 0 Å². The smallest absolute Gasteiger partial charge is 0.0491 e. The van der Waals surface area contributed by atoms with Gasteiger partial charge in [0.05, 0.1) is 0 Å². The minimum absolute atomic E-state index is 0.476. The molecule has 1 aromatic heterocycles. The summed E-state index contributed by atoms with van der Waals surface area (Å²) in [6.45, 7) is 10.3. The van der Waals surface area contributed by atoms with Crippen molar-refractivity contribution in [3.05, 3.63) is 30.1 Å². The van der Waals surface area contributed by atoms with Crippen LogP contribution in [0.3, 0.4) is 0 Å². The Bertz CT molecular complexity index is 410. The Kier molecular flexibility index (Phi) is 5.19. The first-order valence-electron chi connectivity index (χ1n) is 8.08. The molecule has 21 heavy (non-hydrogen) atoms. The zero-order chi connectivity index (χ0) is 14.5. The molecule has 0 radical (unpaired) electrons. The van der Waals surface area contributed by atoms with Crippen molar-refractivity contribution in [1.82, 2.24) is 25.0 Å². The summed E-state index contributed by atoms with van der Waals surface area (Å²) in [5.41, 5.74) is 1.36. The zero-order valence-electron chi connectivity index (χ0n) is 13.0. The van der Waals surface area contributed by atoms with Gasteiger partial charge in [-0.3, -0.25) is 14.8 Å². The lowest BCUT2D eigenvalue weighted by atomic mass is 10.1. The second kappa shape index (κ2) is 7.31. The molecule has 0 aliphatic carbocycles. The second-order valence-corrected chi connectivity index (χ2v) is 6.19. The zero-order valence-corrected chi connectivity index (χ0v) is 13.0. The Morgan fingerprint density at radius 3 is 2.57 bits per heavy atom. The number of hydrogen-bond donors (Lipinski definition) is 1. The molecule has 3 heterocycles. The third-order valence-electron chi connectivity index (χ3n) is 4.69. The molecule has 0 amide bonds. The van der Waals surface area contributed by atoms with E-state index in [2.05, 4.69) is 44.2 Å². The fourth-order valence-electron chi connectivity index (χ4n) is 3.27. The Balaban J connectivity index is 1.69. The van der Waals surface area contributed by atoms with Crippen LogP contribution in [0.2, 0.25) is 0 Å². The van der Waals surface area contributed by atoms with Gasteiger partial charge >= 0.3 is 0 Å². The van der Waals surface area contributed by atoms with Crippen LogP contribution in [-0.2, 0) is 0 Å². The van der Waals surface area contributed by atoms with Crippen molar-refractivity contribution in [3.63, 3.8) is 0 Å². The highest BCUT2D eigenvalue weighted by atomic mass is 15.3. The largest absolute Gasteiger partial charge is 0.314 e. The molecule has 5 heteroatoms. The molecule has 1 aromatic rings. The molecule has 0 saturated carbocycles. The first-order valence-corrected chi connectivity index (χ1v) is 8.08. The molecule has 0 bridgehead atoms. The van der Waals surface area contributed by atoms with Crippen molar-refractivity contribution in [1.29, 1.82) is 0 Å². The predicted octanol–water partition coefficient (Wildman–Crippen LogP) is 0.275. The number of rotatable bonds is 4. The van der Waals surface area contributed by atoms with E-state index in [0.29, 0.717) is 6.04 Å². The summed E-state index contributed by atoms with van der Waals surface area (Å²) in [6, 6.07) is 4.77. The average molecular weight is 289 g/mol. The van der Waals surface area contributed by atoms with Gasteiger partial charge < -0.3 is 10.2 Å². The third kappa shape index (κ3) is 4.01. The molecule has 2 aliphatic heterocycles. The molecule has 116 valence electrons. The van der Waals surface area contributed by atoms with Crippen LogP contribution in [0, 0.1) is 0 Å². The lowest BCUT2D eigenvalue weighted by Gasteiger charge is -2.40. The van der Waals surface area contributed by atoms with Gasteiger partial charge in [0.1, 0.15) is 0 Å². The van der Waals surface area contributed by atoms with Crippen molar-refractivity contribution >= 4 is 0 Å². The Morgan fingerprint density at radius 2 is 1.90 bits per heavy atom. The van der Waals surface area contributed by atoms with Gasteiger partial charge in [0.15, 0.2) is 0 Å². The minimum Gasteiger partial charge on any atom is -0.314 e. The van der Waals surface area contributed by atoms with E-state index in [4.69, 9.17) is 0 Å². The standard InChI is InChI=1S/C16H27N5/c1-19-9-11-20(12-10-19)14-16(15-3-2-4-18-13-15)21-7-5-17-6-8-21/h2-4,13,16-17H,5-12,14H2,1H3. The summed E-state index contributed by atoms with van der Waals surface area (Å²) >= 11 is 0. The molecule has 0 spiro atoms. The fraction of sp³-hybridized carbons (Fsp3) is 0.688. The number of pyridine rings is 1. The molecule has 1 N–H and O–H groups in total. The van der Waals surface area contributed by atoms with Crippen LogP contribution in [-0.4, -0.2) is 85.6 Å². The Morgan fingerprint density at radius 1 is 1.14 bits per heavy atom. The molecule has 1 atom stereocenters. The summed E-state index contributed by atoms with van der Waals surface area (Å²) < 4.78 is 0. The molecule has 5 nitrogen and oxygen atoms in total. The lowest BCUT2D eigenvalue weighted by Crippen LogP contribution is -2.51. The van der Waals surface area contributed by atoms with Gasteiger partial charge in [0, 0.05) is 77.3 Å². The lowest BCUT2D eigenvalue weighted by molar-refractivity contribution is 0.0922. The molecule has 2 saturated heterocycles. The van der Waals surface area contributed by atoms with Crippen LogP contribution in [0.5, 0.6) is 0 Å². The quantitative estimate of drug-likeness (QED) is 0.861. The van der Waals surface area contributed by atoms with Crippen molar-refractivity contribution < 1.29 is 0 Å². The van der Waals surface area contributed by atoms with E-state index in [1.165, 1.54) is 31.7 Å². The van der Waals surface area contributed by atoms with Gasteiger partial charge in [-0.05, 0) is 18.7 Å². The van der Waals surface area contributed by atoms with Gasteiger partial charge in [-0.2, -0.15) is 0 Å². The molecule has 2 aliphatic rings. The number of piperazine rings is 2. The summed E-state index contributed by atoms with van der Waals surface area (Å²) in [5, 5.41) is 3.45. The first kappa shape index (κ1) is 14.9. The van der Waals surface area contributed by atoms with E-state index in [1.54, 1.807) is 0 Å². The maximum absolute atomic E-state index is 4.34. The minimum atomic E-state index is 0.476. The average Bonchev–Trinajstić information content (AvgIpc) is 2.56. The molecule has 1 unspecified atom stereocenters. The van der Waals surface area contributed by atoms with Crippen LogP contribution in [0.25, 0.3) is 0 Å². The highest BCUT2D eigenvalue weighted by molar-refractivity contribution is 5.15. The van der Waals surface area contributed by atoms with Crippen molar-refractivity contribution in [3.8, 4) is 0 Å². The van der Waals surface area contributed by atoms with Crippen LogP contribution in [0.4, 0.5) is 0 Å². The molecule has 2 fully saturated rings. The van der Waals surface area contributed by atoms with Gasteiger partial charge in [-0.25, -0.2) is 0 Å². The van der Waals surface area contributed by atoms with E-state index in [-0.39, 0.29) is 0 Å². The molecule has 0 aromatic carbocycles. The number of hydrogen-bond acceptors (Lipinski definition) is 5. The van der Waals surface area contributed by atoms with Crippen molar-refractivity contribution in [2.75, 3.05) is 66.0 Å². The molecule has 3 rings (SSSR count). The van der Waals surface area contributed by atoms with Crippen molar-refractivity contribution in [2.45, 2.75) is 6.04 Å². The maximum Gasteiger partial charge on any atom is 0.0491 e. The maximum atomic E-state index is 4.34. The first-order chi connectivity index (χ1) is 10.3. The van der Waals surface area contributed by atoms with Crippen molar-refractivity contribution in [2.24, 2.45) is 0 Å². The fourth-order valence-corrected chi connectivity index (χ4v) is 3.27. The molecular weight excluding hydrogens is 262 g/mol. The molecular formula is C16H27N5. The van der Waals surface area contributed by atoms with Crippen LogP contribution < -0.4 is 5.32 Å². The van der Waals surface area contributed by atoms with E-state index >= 15 is 0 Å². The second-order valence-electron chi connectivity index (χ2n) is 6.19. The number of likely N-dealkylation sites (N-methyl/N-ethyl adjacent to an activating group) is 1. The van der Waals surface area contributed by atoms with E-state index in [1.807, 2.05) is 12.4 Å². The van der Waals surface area contributed by atoms with Gasteiger partial charge in [-0.15, -0.1) is 0 Å². The summed E-state index contributed by atoms with van der Waals surface area (Å²) in [7, 11) is 2.21. The summed E-state index contributed by atoms with van der Waals surface area (Å²) in [5.74, 6) is 0. The monoisotopic (exact) mass is 289 g/mol. The predicted molar refractivity (Wildman–Crippen MR) is 85.4 cm³/mol. The summed E-state index contributed by atoms with van der Waals surface area (Å²) in [6.07, 6.45) is 3.91. The highest BCUT2D eigenvalue weighted by Gasteiger charge is 2.25. The van der Waals surface area contributed by atoms with Gasteiger partial charge in [0.25, 0.3) is 0 Å². The van der Waals surface area contributed by atoms with Crippen LogP contribution >= 0.6 is 0 Å². The summed E-state index contributed by atoms with van der Waals surface area (Å²) in [4.78, 5) is 12.0. The Labute approximate surface area is 127 Å². The topological polar surface area (TPSA) is 34.6 Å². The van der Waals surface area contributed by atoms with Gasteiger partial charge in [0.2, 0.25) is 0 Å². The number of nitrogens with one attached hydrogen (secondary N) is 1. The highest BCUT2D eigenvalue weighted by Crippen LogP contribution is 2.22. The van der Waals surface area contributed by atoms with E-state index in [0.717, 1.165) is 32.7 Å². The van der Waals surface area contributed by atoms with Crippen LogP contribution in [0.1, 0.15) is 11.6 Å². The van der Waals surface area contributed by atoms with Gasteiger partial charge in [-0.1, -0.05) is 6.07 Å². The Hall–Kier alpha value is -1.01.